The molecule has 0 saturated carbocycles. The molecule has 0 radical (unpaired) electrons. The molecule has 1 heterocycles. The van der Waals surface area contributed by atoms with E-state index < -0.39 is 47.4 Å². The molecule has 0 aliphatic carbocycles. The van der Waals surface area contributed by atoms with E-state index in [0.29, 0.717) is 63.7 Å². The molecule has 276 valence electrons. The first-order valence-electron chi connectivity index (χ1n) is 17.7. The van der Waals surface area contributed by atoms with Gasteiger partial charge in [-0.05, 0) is 76.8 Å². The molecule has 4 atom stereocenters. The molecule has 0 aromatic heterocycles. The molecule has 1 aliphatic heterocycles. The average molecular weight is 694 g/mol. The Morgan fingerprint density at radius 2 is 1.52 bits per heavy atom. The lowest BCUT2D eigenvalue weighted by Gasteiger charge is -2.39. The van der Waals surface area contributed by atoms with Gasteiger partial charge in [0.1, 0.15) is 23.9 Å². The molecular weight excluding hydrogens is 634 g/mol. The van der Waals surface area contributed by atoms with Gasteiger partial charge in [0.25, 0.3) is 0 Å². The zero-order chi connectivity index (χ0) is 37.3. The fraction of sp³-hybridized carbons (Fsp3) is 0.553. The number of carbonyl (C=O) groups is 5. The highest BCUT2D eigenvalue weighted by Gasteiger charge is 2.38. The van der Waals surface area contributed by atoms with Crippen molar-refractivity contribution in [2.45, 2.75) is 109 Å². The Balaban J connectivity index is 2.25. The van der Waals surface area contributed by atoms with Gasteiger partial charge in [0.2, 0.25) is 23.6 Å². The fourth-order valence-electron chi connectivity index (χ4n) is 5.78. The number of nitrogens with zero attached hydrogens (tertiary/aromatic N) is 1. The van der Waals surface area contributed by atoms with E-state index in [1.54, 1.807) is 17.1 Å². The molecule has 0 unspecified atom stereocenters. The summed E-state index contributed by atoms with van der Waals surface area (Å²) in [5.41, 5.74) is 18.7. The van der Waals surface area contributed by atoms with Crippen LogP contribution >= 0.6 is 0 Å². The molecule has 4 amide bonds. The van der Waals surface area contributed by atoms with Crippen molar-refractivity contribution in [3.63, 3.8) is 0 Å². The van der Waals surface area contributed by atoms with Crippen molar-refractivity contribution < 1.29 is 24.0 Å². The van der Waals surface area contributed by atoms with Gasteiger partial charge in [0, 0.05) is 19.5 Å². The topological polar surface area (TPSA) is 203 Å². The maximum Gasteiger partial charge on any atom is 0.245 e. The molecule has 1 aromatic rings. The van der Waals surface area contributed by atoms with Crippen molar-refractivity contribution in [1.29, 1.82) is 0 Å². The number of hydrogen-bond acceptors (Lipinski definition) is 8. The number of unbranched alkanes of at least 4 members (excludes halogenated alkanes) is 1. The number of carbonyl (C=O) groups excluding carboxylic acids is 5. The number of hydrogen-bond donors (Lipinski definition) is 6. The Morgan fingerprint density at radius 3 is 2.10 bits per heavy atom. The van der Waals surface area contributed by atoms with Gasteiger partial charge in [0.15, 0.2) is 0 Å². The van der Waals surface area contributed by atoms with Crippen LogP contribution in [0.1, 0.15) is 78.2 Å². The highest BCUT2D eigenvalue weighted by atomic mass is 16.2. The summed E-state index contributed by atoms with van der Waals surface area (Å²) in [5, 5.41) is 8.56. The molecule has 0 bridgehead atoms. The number of ketones is 1. The van der Waals surface area contributed by atoms with E-state index in [4.69, 9.17) is 17.2 Å². The summed E-state index contributed by atoms with van der Waals surface area (Å²) in [6, 6.07) is 5.42. The number of benzene rings is 1. The summed E-state index contributed by atoms with van der Waals surface area (Å²) in [6.45, 7) is 12.2. The van der Waals surface area contributed by atoms with Crippen LogP contribution in [0, 0.1) is 5.92 Å². The minimum absolute atomic E-state index is 0.0148. The van der Waals surface area contributed by atoms with Gasteiger partial charge < -0.3 is 38.1 Å². The Hall–Kier alpha value is -4.13. The van der Waals surface area contributed by atoms with Crippen LogP contribution in [0.2, 0.25) is 0 Å². The summed E-state index contributed by atoms with van der Waals surface area (Å²) in [4.78, 5) is 68.4. The van der Waals surface area contributed by atoms with Gasteiger partial charge >= 0.3 is 0 Å². The van der Waals surface area contributed by atoms with Gasteiger partial charge in [-0.15, -0.1) is 0 Å². The van der Waals surface area contributed by atoms with Gasteiger partial charge in [-0.3, -0.25) is 24.0 Å². The second-order valence-electron chi connectivity index (χ2n) is 13.7. The molecule has 9 N–H and O–H groups in total. The van der Waals surface area contributed by atoms with Gasteiger partial charge in [0.05, 0.1) is 11.6 Å². The second-order valence-corrected chi connectivity index (χ2v) is 13.7. The number of piperidine rings is 1. The van der Waals surface area contributed by atoms with Crippen LogP contribution in [0.3, 0.4) is 0 Å². The van der Waals surface area contributed by atoms with Crippen molar-refractivity contribution in [3.05, 3.63) is 72.4 Å². The highest BCUT2D eigenvalue weighted by Crippen LogP contribution is 2.22. The first kappa shape index (κ1) is 42.0. The number of rotatable bonds is 20. The molecule has 1 aromatic carbocycles. The molecule has 1 saturated heterocycles. The minimum atomic E-state index is -1.03. The van der Waals surface area contributed by atoms with Crippen LogP contribution in [-0.2, 0) is 30.4 Å². The lowest BCUT2D eigenvalue weighted by molar-refractivity contribution is -0.140. The van der Waals surface area contributed by atoms with E-state index in [9.17, 15) is 24.0 Å². The third kappa shape index (κ3) is 14.0. The van der Waals surface area contributed by atoms with Crippen LogP contribution in [0.5, 0.6) is 0 Å². The van der Waals surface area contributed by atoms with Crippen molar-refractivity contribution >= 4 is 29.4 Å². The minimum Gasteiger partial charge on any atom is -0.343 e. The lowest BCUT2D eigenvalue weighted by atomic mass is 9.85. The predicted molar refractivity (Wildman–Crippen MR) is 197 cm³/mol. The van der Waals surface area contributed by atoms with Crippen LogP contribution in [-0.4, -0.2) is 83.7 Å². The van der Waals surface area contributed by atoms with Crippen LogP contribution in [0.15, 0.2) is 66.8 Å². The standard InChI is InChI=1S/C38H59N7O5/c1-6-7-9-14-27(4)24-30(40)34(47)43-33(25-29-15-10-8-11-16-29)36(49)44-32(23-26(2)3)35(48)42-31(17-12-13-20-39)37(50)45-21-18-38(41,19-22-45)28(5)46/h6-11,14-16,26,30-33H,4,12-13,17-25,39-41H2,1-3,5H3,(H,42,48)(H,43,47)(H,44,49)/b7-6-,14-9-/t30-,31-,32-,33-/m1/s1. The van der Waals surface area contributed by atoms with Crippen LogP contribution in [0.4, 0.5) is 0 Å². The number of allylic oxidation sites excluding steroid dienone is 4. The molecule has 0 spiro atoms. The van der Waals surface area contributed by atoms with Gasteiger partial charge in [-0.2, -0.15) is 0 Å². The zero-order valence-electron chi connectivity index (χ0n) is 30.3. The number of nitrogens with one attached hydrogen (secondary N) is 3. The smallest absolute Gasteiger partial charge is 0.245 e. The van der Waals surface area contributed by atoms with E-state index in [1.165, 1.54) is 6.92 Å². The Bertz CT molecular complexity index is 1350. The molecule has 12 heteroatoms. The lowest BCUT2D eigenvalue weighted by Crippen LogP contribution is -2.60. The second kappa shape index (κ2) is 21.2. The van der Waals surface area contributed by atoms with E-state index in [2.05, 4.69) is 22.5 Å². The normalized spacial score (nSPS) is 16.8. The number of nitrogens with two attached hydrogens (primary N) is 3. The molecule has 1 aliphatic rings. The van der Waals surface area contributed by atoms with Crippen LogP contribution in [0.25, 0.3) is 0 Å². The number of Topliss-reactive ketones (excluding diaryl/α,β-unsaturated/α-hetero) is 1. The summed E-state index contributed by atoms with van der Waals surface area (Å²) in [7, 11) is 0. The summed E-state index contributed by atoms with van der Waals surface area (Å²) in [5.74, 6) is -1.94. The summed E-state index contributed by atoms with van der Waals surface area (Å²) < 4.78 is 0. The van der Waals surface area contributed by atoms with Gasteiger partial charge in [-0.1, -0.05) is 80.6 Å². The van der Waals surface area contributed by atoms with E-state index in [0.717, 1.165) is 5.56 Å². The molecule has 50 heavy (non-hydrogen) atoms. The van der Waals surface area contributed by atoms with E-state index in [1.807, 2.05) is 63.3 Å². The highest BCUT2D eigenvalue weighted by molar-refractivity contribution is 5.95. The quantitative estimate of drug-likeness (QED) is 0.0881. The monoisotopic (exact) mass is 693 g/mol. The van der Waals surface area contributed by atoms with Crippen LogP contribution < -0.4 is 33.2 Å². The molecule has 12 nitrogen and oxygen atoms in total. The number of likely N-dealkylation sites (tertiary alicyclic amines) is 1. The van der Waals surface area contributed by atoms with Crippen molar-refractivity contribution in [1.82, 2.24) is 20.9 Å². The summed E-state index contributed by atoms with van der Waals surface area (Å²) >= 11 is 0. The Labute approximate surface area is 297 Å². The predicted octanol–water partition coefficient (Wildman–Crippen LogP) is 2.17. The zero-order valence-corrected chi connectivity index (χ0v) is 30.3. The third-order valence-corrected chi connectivity index (χ3v) is 8.94. The molecular formula is C38H59N7O5. The van der Waals surface area contributed by atoms with Crippen molar-refractivity contribution in [2.75, 3.05) is 19.6 Å². The molecule has 1 fully saturated rings. The average Bonchev–Trinajstić information content (AvgIpc) is 3.07. The van der Waals surface area contributed by atoms with E-state index in [-0.39, 0.29) is 30.4 Å². The SMILES string of the molecule is C=C(/C=C\C=C/C)C[C@@H](N)C(=O)N[C@H](Cc1ccccc1)C(=O)N[C@H](CC(C)C)C(=O)N[C@H](CCCCN)C(=O)N1CCC(N)(C(C)=O)CC1. The Morgan fingerprint density at radius 1 is 0.920 bits per heavy atom. The maximum absolute atomic E-state index is 13.9. The number of amides is 4. The largest absolute Gasteiger partial charge is 0.343 e. The molecule has 2 rings (SSSR count). The van der Waals surface area contributed by atoms with Gasteiger partial charge in [-0.25, -0.2) is 0 Å². The van der Waals surface area contributed by atoms with Crippen molar-refractivity contribution in [3.8, 4) is 0 Å². The van der Waals surface area contributed by atoms with E-state index >= 15 is 0 Å². The summed E-state index contributed by atoms with van der Waals surface area (Å²) in [6.07, 6.45) is 10.3. The Kier molecular flexibility index (Phi) is 17.8. The maximum atomic E-state index is 13.9. The fourth-order valence-corrected chi connectivity index (χ4v) is 5.78. The van der Waals surface area contributed by atoms with Crippen molar-refractivity contribution in [2.24, 2.45) is 23.1 Å². The first-order chi connectivity index (χ1) is 23.7. The third-order valence-electron chi connectivity index (χ3n) is 8.94. The first-order valence-corrected chi connectivity index (χ1v) is 17.7.